The van der Waals surface area contributed by atoms with Crippen molar-refractivity contribution in [2.45, 2.75) is 58.5 Å². The number of amides is 1. The number of rotatable bonds is 5. The van der Waals surface area contributed by atoms with Crippen molar-refractivity contribution in [2.75, 3.05) is 0 Å². The minimum Gasteiger partial charge on any atom is -0.356 e. The Morgan fingerprint density at radius 2 is 1.83 bits per heavy atom. The Bertz CT molecular complexity index is 1020. The molecular weight excluding hydrogens is 411 g/mol. The van der Waals surface area contributed by atoms with Crippen LogP contribution < -0.4 is 4.72 Å². The molecule has 0 unspecified atom stereocenters. The second kappa shape index (κ2) is 7.77. The van der Waals surface area contributed by atoms with Gasteiger partial charge in [-0.2, -0.15) is 13.2 Å². The minimum atomic E-state index is -4.80. The normalized spacial score (nSPS) is 12.8. The molecule has 0 bridgehead atoms. The molecule has 0 aromatic carbocycles. The predicted octanol–water partition coefficient (Wildman–Crippen LogP) is 3.87. The molecule has 1 amide bonds. The summed E-state index contributed by atoms with van der Waals surface area (Å²) < 4.78 is 72.2. The van der Waals surface area contributed by atoms with Crippen LogP contribution in [-0.2, 0) is 27.4 Å². The number of aryl methyl sites for hydroxylation is 1. The standard InChI is InChI=1S/C18H22F3N3O4S/c1-6-15(25)24-29(26,27)16-10(2)22-14(18(19,20)21)8-12(16)13-7-11(23-28-13)9-17(3,4)5/h7-8H,6,9H2,1-5H3,(H,24,25). The lowest BCUT2D eigenvalue weighted by Gasteiger charge is -2.15. The highest BCUT2D eigenvalue weighted by Gasteiger charge is 2.36. The van der Waals surface area contributed by atoms with Crippen molar-refractivity contribution >= 4 is 15.9 Å². The molecule has 2 rings (SSSR count). The number of carbonyl (C=O) groups excluding carboxylic acids is 1. The average molecular weight is 433 g/mol. The smallest absolute Gasteiger partial charge is 0.356 e. The molecule has 11 heteroatoms. The van der Waals surface area contributed by atoms with Gasteiger partial charge in [-0.15, -0.1) is 0 Å². The topological polar surface area (TPSA) is 102 Å². The van der Waals surface area contributed by atoms with Gasteiger partial charge in [0.15, 0.2) is 5.76 Å². The number of halogens is 3. The van der Waals surface area contributed by atoms with Crippen LogP contribution in [0.3, 0.4) is 0 Å². The zero-order valence-electron chi connectivity index (χ0n) is 16.6. The van der Waals surface area contributed by atoms with Crippen LogP contribution in [0.25, 0.3) is 11.3 Å². The van der Waals surface area contributed by atoms with Gasteiger partial charge in [-0.1, -0.05) is 32.9 Å². The fraction of sp³-hybridized carbons (Fsp3) is 0.500. The highest BCUT2D eigenvalue weighted by atomic mass is 32.2. The summed E-state index contributed by atoms with van der Waals surface area (Å²) in [5.41, 5.74) is -1.78. The van der Waals surface area contributed by atoms with Crippen molar-refractivity contribution in [3.05, 3.63) is 29.2 Å². The van der Waals surface area contributed by atoms with E-state index in [2.05, 4.69) is 10.1 Å². The highest BCUT2D eigenvalue weighted by Crippen LogP contribution is 2.36. The van der Waals surface area contributed by atoms with E-state index < -0.39 is 38.4 Å². The maximum Gasteiger partial charge on any atom is 0.433 e. The molecule has 2 heterocycles. The molecule has 0 saturated carbocycles. The number of sulfonamides is 1. The fourth-order valence-corrected chi connectivity index (χ4v) is 4.10. The zero-order valence-corrected chi connectivity index (χ0v) is 17.5. The predicted molar refractivity (Wildman–Crippen MR) is 98.3 cm³/mol. The number of hydrogen-bond donors (Lipinski definition) is 1. The molecule has 0 radical (unpaired) electrons. The molecule has 0 aliphatic carbocycles. The maximum atomic E-state index is 13.3. The molecule has 2 aromatic heterocycles. The number of alkyl halides is 3. The lowest BCUT2D eigenvalue weighted by Crippen LogP contribution is -2.31. The van der Waals surface area contributed by atoms with Gasteiger partial charge in [0.05, 0.1) is 11.4 Å². The van der Waals surface area contributed by atoms with Gasteiger partial charge in [-0.25, -0.2) is 18.1 Å². The third-order valence-electron chi connectivity index (χ3n) is 3.81. The molecule has 29 heavy (non-hydrogen) atoms. The summed E-state index contributed by atoms with van der Waals surface area (Å²) in [6.07, 6.45) is -4.47. The van der Waals surface area contributed by atoms with E-state index in [4.69, 9.17) is 4.52 Å². The Kier molecular flexibility index (Phi) is 6.12. The van der Waals surface area contributed by atoms with Crippen molar-refractivity contribution < 1.29 is 30.9 Å². The Balaban J connectivity index is 2.71. The highest BCUT2D eigenvalue weighted by molar-refractivity contribution is 7.90. The van der Waals surface area contributed by atoms with Crippen LogP contribution in [0.2, 0.25) is 0 Å². The molecule has 0 saturated heterocycles. The van der Waals surface area contributed by atoms with Gasteiger partial charge in [0.25, 0.3) is 10.0 Å². The Morgan fingerprint density at radius 3 is 2.34 bits per heavy atom. The van der Waals surface area contributed by atoms with Crippen LogP contribution in [-0.4, -0.2) is 24.5 Å². The molecule has 0 aliphatic rings. The van der Waals surface area contributed by atoms with Crippen molar-refractivity contribution in [1.29, 1.82) is 0 Å². The van der Waals surface area contributed by atoms with E-state index in [0.717, 1.165) is 6.92 Å². The molecule has 1 N–H and O–H groups in total. The number of nitrogens with zero attached hydrogens (tertiary/aromatic N) is 2. The SMILES string of the molecule is CCC(=O)NS(=O)(=O)c1c(-c2cc(CC(C)(C)C)no2)cc(C(F)(F)F)nc1C. The molecule has 7 nitrogen and oxygen atoms in total. The van der Waals surface area contributed by atoms with Crippen LogP contribution in [0.4, 0.5) is 13.2 Å². The van der Waals surface area contributed by atoms with E-state index in [9.17, 15) is 26.4 Å². The van der Waals surface area contributed by atoms with Crippen LogP contribution in [0.15, 0.2) is 21.6 Å². The van der Waals surface area contributed by atoms with Gasteiger partial charge in [-0.3, -0.25) is 4.79 Å². The molecule has 0 atom stereocenters. The first kappa shape index (κ1) is 22.9. The summed E-state index contributed by atoms with van der Waals surface area (Å²) in [5, 5.41) is 3.84. The van der Waals surface area contributed by atoms with E-state index in [0.29, 0.717) is 18.2 Å². The monoisotopic (exact) mass is 433 g/mol. The van der Waals surface area contributed by atoms with Crippen LogP contribution in [0.5, 0.6) is 0 Å². The third-order valence-corrected chi connectivity index (χ3v) is 5.36. The molecule has 0 spiro atoms. The summed E-state index contributed by atoms with van der Waals surface area (Å²) in [6, 6.07) is 1.97. The largest absolute Gasteiger partial charge is 0.433 e. The summed E-state index contributed by atoms with van der Waals surface area (Å²) in [6.45, 7) is 8.39. The van der Waals surface area contributed by atoms with Crippen LogP contribution in [0.1, 0.15) is 51.2 Å². The number of pyridine rings is 1. The average Bonchev–Trinajstić information content (AvgIpc) is 2.98. The molecule has 0 aliphatic heterocycles. The number of hydrogen-bond acceptors (Lipinski definition) is 6. The van der Waals surface area contributed by atoms with E-state index in [1.54, 1.807) is 0 Å². The number of nitrogens with one attached hydrogen (secondary N) is 1. The lowest BCUT2D eigenvalue weighted by molar-refractivity contribution is -0.141. The number of carbonyl (C=O) groups is 1. The Morgan fingerprint density at radius 1 is 1.21 bits per heavy atom. The van der Waals surface area contributed by atoms with E-state index in [1.807, 2.05) is 25.5 Å². The fourth-order valence-electron chi connectivity index (χ4n) is 2.67. The molecule has 160 valence electrons. The van der Waals surface area contributed by atoms with Crippen LogP contribution >= 0.6 is 0 Å². The van der Waals surface area contributed by atoms with Gasteiger partial charge >= 0.3 is 6.18 Å². The van der Waals surface area contributed by atoms with Crippen LogP contribution in [0, 0.1) is 12.3 Å². The lowest BCUT2D eigenvalue weighted by atomic mass is 9.90. The van der Waals surface area contributed by atoms with Crippen molar-refractivity contribution in [3.63, 3.8) is 0 Å². The van der Waals surface area contributed by atoms with Gasteiger partial charge in [0.2, 0.25) is 5.91 Å². The van der Waals surface area contributed by atoms with E-state index >= 15 is 0 Å². The second-order valence-electron chi connectivity index (χ2n) is 7.77. The summed E-state index contributed by atoms with van der Waals surface area (Å²) in [5.74, 6) is -0.967. The minimum absolute atomic E-state index is 0.125. The van der Waals surface area contributed by atoms with E-state index in [-0.39, 0.29) is 23.2 Å². The molecule has 2 aromatic rings. The summed E-state index contributed by atoms with van der Waals surface area (Å²) >= 11 is 0. The zero-order chi connectivity index (χ0) is 22.2. The first-order valence-corrected chi connectivity index (χ1v) is 10.2. The number of aromatic nitrogens is 2. The first-order valence-electron chi connectivity index (χ1n) is 8.74. The van der Waals surface area contributed by atoms with Gasteiger partial charge in [0.1, 0.15) is 10.6 Å². The van der Waals surface area contributed by atoms with Crippen molar-refractivity contribution in [3.8, 4) is 11.3 Å². The third kappa shape index (κ3) is 5.55. The quantitative estimate of drug-likeness (QED) is 0.768. The van der Waals surface area contributed by atoms with Gasteiger partial charge in [0, 0.05) is 18.1 Å². The summed E-state index contributed by atoms with van der Waals surface area (Å²) in [4.78, 5) is 14.4. The van der Waals surface area contributed by atoms with E-state index in [1.165, 1.54) is 13.0 Å². The Labute approximate surface area is 166 Å². The van der Waals surface area contributed by atoms with Gasteiger partial charge in [-0.05, 0) is 24.8 Å². The second-order valence-corrected chi connectivity index (χ2v) is 9.39. The van der Waals surface area contributed by atoms with Crippen molar-refractivity contribution in [1.82, 2.24) is 14.9 Å². The Hall–Kier alpha value is -2.43. The van der Waals surface area contributed by atoms with Gasteiger partial charge < -0.3 is 4.52 Å². The first-order chi connectivity index (χ1) is 13.1. The molecular formula is C18H22F3N3O4S. The molecule has 0 fully saturated rings. The van der Waals surface area contributed by atoms with Crippen molar-refractivity contribution in [2.24, 2.45) is 5.41 Å². The maximum absolute atomic E-state index is 13.3. The summed E-state index contributed by atoms with van der Waals surface area (Å²) in [7, 11) is -4.49.